The minimum atomic E-state index is -3.21. The maximum atomic E-state index is 11.6. The van der Waals surface area contributed by atoms with Crippen molar-refractivity contribution in [3.05, 3.63) is 60.8 Å². The highest BCUT2D eigenvalue weighted by atomic mass is 32.2. The van der Waals surface area contributed by atoms with Gasteiger partial charge in [-0.15, -0.1) is 0 Å². The van der Waals surface area contributed by atoms with E-state index in [-0.39, 0.29) is 4.90 Å². The highest BCUT2D eigenvalue weighted by Gasteiger charge is 2.09. The van der Waals surface area contributed by atoms with Gasteiger partial charge in [-0.2, -0.15) is 0 Å². The molecule has 0 aliphatic heterocycles. The van der Waals surface area contributed by atoms with Gasteiger partial charge < -0.3 is 10.1 Å². The second-order valence-corrected chi connectivity index (χ2v) is 7.62. The Hall–Kier alpha value is -2.86. The summed E-state index contributed by atoms with van der Waals surface area (Å²) in [6.07, 6.45) is 4.63. The van der Waals surface area contributed by atoms with Crippen LogP contribution < -0.4 is 10.1 Å². The summed E-state index contributed by atoms with van der Waals surface area (Å²) in [6.45, 7) is 3.81. The number of rotatable bonds is 5. The zero-order valence-electron chi connectivity index (χ0n) is 14.0. The molecule has 0 fully saturated rings. The van der Waals surface area contributed by atoms with Gasteiger partial charge in [-0.1, -0.05) is 12.7 Å². The maximum Gasteiger partial charge on any atom is 0.175 e. The zero-order chi connectivity index (χ0) is 18.0. The number of nitrogens with one attached hydrogen (secondary N) is 1. The Morgan fingerprint density at radius 3 is 2.48 bits per heavy atom. The lowest BCUT2D eigenvalue weighted by atomic mass is 10.1. The summed E-state index contributed by atoms with van der Waals surface area (Å²) in [5.41, 5.74) is 1.63. The number of anilines is 2. The summed E-state index contributed by atoms with van der Waals surface area (Å²) >= 11 is 0. The topological polar surface area (TPSA) is 68.3 Å². The number of benzene rings is 2. The van der Waals surface area contributed by atoms with Crippen LogP contribution >= 0.6 is 0 Å². The predicted octanol–water partition coefficient (Wildman–Crippen LogP) is 4.03. The standard InChI is InChI=1S/C19H18N2O3S/c1-4-13-11-17-14(12-18(13)24-2)9-10-20-19(17)21-15-5-7-16(8-6-15)25(3,22)23/h4-12H,1H2,2-3H3,(H,20,21). The highest BCUT2D eigenvalue weighted by molar-refractivity contribution is 7.90. The van der Waals surface area contributed by atoms with E-state index in [9.17, 15) is 8.42 Å². The molecule has 0 bridgehead atoms. The molecule has 0 saturated heterocycles. The summed E-state index contributed by atoms with van der Waals surface area (Å²) in [6, 6.07) is 12.4. The first-order valence-electron chi connectivity index (χ1n) is 7.58. The third-order valence-corrected chi connectivity index (χ3v) is 5.01. The molecule has 6 heteroatoms. The smallest absolute Gasteiger partial charge is 0.175 e. The number of nitrogens with zero attached hydrogens (tertiary/aromatic N) is 1. The Morgan fingerprint density at radius 2 is 1.88 bits per heavy atom. The molecular formula is C19H18N2O3S. The molecule has 0 amide bonds. The summed E-state index contributed by atoms with van der Waals surface area (Å²) in [4.78, 5) is 4.68. The van der Waals surface area contributed by atoms with Gasteiger partial charge in [0.1, 0.15) is 11.6 Å². The van der Waals surface area contributed by atoms with Gasteiger partial charge in [-0.3, -0.25) is 0 Å². The third kappa shape index (κ3) is 3.49. The molecule has 3 rings (SSSR count). The van der Waals surface area contributed by atoms with E-state index in [0.717, 1.165) is 27.8 Å². The Balaban J connectivity index is 2.02. The van der Waals surface area contributed by atoms with Crippen molar-refractivity contribution < 1.29 is 13.2 Å². The molecule has 0 atom stereocenters. The van der Waals surface area contributed by atoms with Gasteiger partial charge in [0.15, 0.2) is 9.84 Å². The first-order valence-corrected chi connectivity index (χ1v) is 9.48. The number of pyridine rings is 1. The van der Waals surface area contributed by atoms with Crippen LogP contribution in [0.5, 0.6) is 5.75 Å². The average molecular weight is 354 g/mol. The van der Waals surface area contributed by atoms with Gasteiger partial charge in [0.2, 0.25) is 0 Å². The number of sulfone groups is 1. The van der Waals surface area contributed by atoms with Crippen molar-refractivity contribution in [1.29, 1.82) is 0 Å². The van der Waals surface area contributed by atoms with Crippen molar-refractivity contribution in [2.45, 2.75) is 4.90 Å². The van der Waals surface area contributed by atoms with Crippen molar-refractivity contribution in [1.82, 2.24) is 4.98 Å². The minimum Gasteiger partial charge on any atom is -0.496 e. The van der Waals surface area contributed by atoms with Crippen LogP contribution in [-0.4, -0.2) is 26.8 Å². The number of hydrogen-bond acceptors (Lipinski definition) is 5. The fourth-order valence-corrected chi connectivity index (χ4v) is 3.21. The second kappa shape index (κ2) is 6.57. The van der Waals surface area contributed by atoms with E-state index >= 15 is 0 Å². The van der Waals surface area contributed by atoms with Crippen LogP contribution in [0.4, 0.5) is 11.5 Å². The van der Waals surface area contributed by atoms with Gasteiger partial charge in [-0.25, -0.2) is 13.4 Å². The van der Waals surface area contributed by atoms with Crippen molar-refractivity contribution in [2.24, 2.45) is 0 Å². The second-order valence-electron chi connectivity index (χ2n) is 5.60. The van der Waals surface area contributed by atoms with Gasteiger partial charge >= 0.3 is 0 Å². The van der Waals surface area contributed by atoms with E-state index in [1.165, 1.54) is 6.26 Å². The molecule has 2 aromatic carbocycles. The van der Waals surface area contributed by atoms with Crippen molar-refractivity contribution in [2.75, 3.05) is 18.7 Å². The van der Waals surface area contributed by atoms with E-state index in [2.05, 4.69) is 16.9 Å². The first-order chi connectivity index (χ1) is 11.9. The van der Waals surface area contributed by atoms with Gasteiger partial charge in [-0.05, 0) is 47.9 Å². The first kappa shape index (κ1) is 17.0. The lowest BCUT2D eigenvalue weighted by Crippen LogP contribution is -1.98. The van der Waals surface area contributed by atoms with E-state index in [1.807, 2.05) is 18.2 Å². The molecule has 5 nitrogen and oxygen atoms in total. The third-order valence-electron chi connectivity index (χ3n) is 3.88. The molecule has 0 spiro atoms. The molecule has 3 aromatic rings. The summed E-state index contributed by atoms with van der Waals surface area (Å²) in [7, 11) is -1.59. The molecule has 0 aliphatic carbocycles. The van der Waals surface area contributed by atoms with Crippen LogP contribution in [0.25, 0.3) is 16.8 Å². The van der Waals surface area contributed by atoms with E-state index in [0.29, 0.717) is 5.82 Å². The molecule has 1 heterocycles. The summed E-state index contributed by atoms with van der Waals surface area (Å²) in [5, 5.41) is 5.13. The quantitative estimate of drug-likeness (QED) is 0.749. The molecule has 0 saturated carbocycles. The molecular weight excluding hydrogens is 336 g/mol. The van der Waals surface area contributed by atoms with E-state index in [4.69, 9.17) is 4.74 Å². The van der Waals surface area contributed by atoms with Crippen LogP contribution in [0.3, 0.4) is 0 Å². The fourth-order valence-electron chi connectivity index (χ4n) is 2.57. The van der Waals surface area contributed by atoms with Crippen LogP contribution in [0.2, 0.25) is 0 Å². The van der Waals surface area contributed by atoms with Crippen molar-refractivity contribution in [3.63, 3.8) is 0 Å². The molecule has 0 aliphatic rings. The number of hydrogen-bond donors (Lipinski definition) is 1. The zero-order valence-corrected chi connectivity index (χ0v) is 14.8. The Labute approximate surface area is 146 Å². The largest absolute Gasteiger partial charge is 0.496 e. The van der Waals surface area contributed by atoms with Crippen molar-refractivity contribution >= 4 is 38.2 Å². The molecule has 0 unspecified atom stereocenters. The number of methoxy groups -OCH3 is 1. The lowest BCUT2D eigenvalue weighted by molar-refractivity contribution is 0.414. The van der Waals surface area contributed by atoms with Gasteiger partial charge in [0.25, 0.3) is 0 Å². The molecule has 1 aromatic heterocycles. The normalized spacial score (nSPS) is 11.3. The van der Waals surface area contributed by atoms with E-state index in [1.54, 1.807) is 43.6 Å². The predicted molar refractivity (Wildman–Crippen MR) is 101 cm³/mol. The van der Waals surface area contributed by atoms with Crippen molar-refractivity contribution in [3.8, 4) is 5.75 Å². The number of ether oxygens (including phenoxy) is 1. The van der Waals surface area contributed by atoms with Crippen LogP contribution in [0.15, 0.2) is 60.1 Å². The van der Waals surface area contributed by atoms with Crippen LogP contribution in [0, 0.1) is 0 Å². The average Bonchev–Trinajstić information content (AvgIpc) is 2.60. The van der Waals surface area contributed by atoms with Gasteiger partial charge in [0, 0.05) is 29.1 Å². The lowest BCUT2D eigenvalue weighted by Gasteiger charge is -2.12. The highest BCUT2D eigenvalue weighted by Crippen LogP contribution is 2.31. The molecule has 25 heavy (non-hydrogen) atoms. The molecule has 0 radical (unpaired) electrons. The fraction of sp³-hybridized carbons (Fsp3) is 0.105. The Morgan fingerprint density at radius 1 is 1.16 bits per heavy atom. The number of fused-ring (bicyclic) bond motifs is 1. The summed E-state index contributed by atoms with van der Waals surface area (Å²) < 4.78 is 28.5. The summed E-state index contributed by atoms with van der Waals surface area (Å²) in [5.74, 6) is 1.42. The Bertz CT molecular complexity index is 1040. The SMILES string of the molecule is C=Cc1cc2c(Nc3ccc(S(C)(=O)=O)cc3)nccc2cc1OC. The van der Waals surface area contributed by atoms with E-state index < -0.39 is 9.84 Å². The maximum absolute atomic E-state index is 11.6. The van der Waals surface area contributed by atoms with Crippen LogP contribution in [0.1, 0.15) is 5.56 Å². The van der Waals surface area contributed by atoms with Crippen LogP contribution in [-0.2, 0) is 9.84 Å². The Kier molecular flexibility index (Phi) is 4.46. The minimum absolute atomic E-state index is 0.280. The number of aromatic nitrogens is 1. The molecule has 1 N–H and O–H groups in total. The molecule has 128 valence electrons. The monoisotopic (exact) mass is 354 g/mol. The van der Waals surface area contributed by atoms with Gasteiger partial charge in [0.05, 0.1) is 12.0 Å².